The Labute approximate surface area is 204 Å². The Morgan fingerprint density at radius 1 is 1.03 bits per heavy atom. The summed E-state index contributed by atoms with van der Waals surface area (Å²) in [7, 11) is 0.982. The topological polar surface area (TPSA) is 73.8 Å². The fourth-order valence-corrected chi connectivity index (χ4v) is 3.73. The van der Waals surface area contributed by atoms with E-state index >= 15 is 0 Å². The summed E-state index contributed by atoms with van der Waals surface area (Å²) in [6, 6.07) is 15.8. The van der Waals surface area contributed by atoms with E-state index in [0.29, 0.717) is 18.0 Å². The van der Waals surface area contributed by atoms with Crippen LogP contribution in [0.1, 0.15) is 29.7 Å². The number of likely N-dealkylation sites (N-methyl/N-ethyl adjacent to an activating group) is 1. The fraction of sp³-hybridized carbons (Fsp3) is 0.435. The molecule has 0 fully saturated rings. The zero-order valence-corrected chi connectivity index (χ0v) is 22.2. The summed E-state index contributed by atoms with van der Waals surface area (Å²) in [6.45, 7) is 6.28. The summed E-state index contributed by atoms with van der Waals surface area (Å²) in [5.74, 6) is 0.782. The quantitative estimate of drug-likeness (QED) is 0.281. The summed E-state index contributed by atoms with van der Waals surface area (Å²) >= 11 is 0. The maximum atomic E-state index is 11.6. The second kappa shape index (κ2) is 13.0. The molecule has 0 radical (unpaired) electrons. The fourth-order valence-electron chi connectivity index (χ4n) is 3.10. The SMILES string of the molecule is CCNC(=NCC(c1ccc(C)cc1)N(C)C)NCCc1ccc(S(C)(=O)=O)cc1.I. The lowest BCUT2D eigenvalue weighted by atomic mass is 10.0. The van der Waals surface area contributed by atoms with Crippen LogP contribution in [0, 0.1) is 6.92 Å². The highest BCUT2D eigenvalue weighted by atomic mass is 127. The van der Waals surface area contributed by atoms with Crippen molar-refractivity contribution in [1.29, 1.82) is 0 Å². The first-order valence-corrected chi connectivity index (χ1v) is 12.1. The molecule has 0 aliphatic carbocycles. The Balaban J connectivity index is 0.00000480. The minimum atomic E-state index is -3.16. The van der Waals surface area contributed by atoms with Gasteiger partial charge in [0.15, 0.2) is 15.8 Å². The van der Waals surface area contributed by atoms with Crippen molar-refractivity contribution in [2.24, 2.45) is 4.99 Å². The van der Waals surface area contributed by atoms with E-state index in [1.54, 1.807) is 12.1 Å². The van der Waals surface area contributed by atoms with Gasteiger partial charge < -0.3 is 15.5 Å². The molecule has 0 aromatic heterocycles. The summed E-state index contributed by atoms with van der Waals surface area (Å²) in [4.78, 5) is 7.31. The Hall–Kier alpha value is -1.65. The number of rotatable bonds is 9. The molecule has 31 heavy (non-hydrogen) atoms. The number of nitrogens with one attached hydrogen (secondary N) is 2. The van der Waals surface area contributed by atoms with E-state index in [2.05, 4.69) is 60.8 Å². The molecule has 0 aliphatic heterocycles. The largest absolute Gasteiger partial charge is 0.357 e. The van der Waals surface area contributed by atoms with Gasteiger partial charge in [0.05, 0.1) is 17.5 Å². The molecule has 8 heteroatoms. The van der Waals surface area contributed by atoms with Crippen molar-refractivity contribution < 1.29 is 8.42 Å². The number of aliphatic imine (C=N–C) groups is 1. The molecule has 0 spiro atoms. The maximum Gasteiger partial charge on any atom is 0.191 e. The van der Waals surface area contributed by atoms with Gasteiger partial charge in [0, 0.05) is 19.3 Å². The monoisotopic (exact) mass is 558 g/mol. The van der Waals surface area contributed by atoms with Gasteiger partial charge in [0.2, 0.25) is 0 Å². The summed E-state index contributed by atoms with van der Waals surface area (Å²) in [5.41, 5.74) is 3.58. The standard InChI is InChI=1S/C23H34N4O2S.HI/c1-6-24-23(25-16-15-19-9-13-21(14-10-19)30(5,28)29)26-17-22(27(3)4)20-11-7-18(2)8-12-20;/h7-14,22H,6,15-17H2,1-5H3,(H2,24,25,26);1H. The first-order valence-electron chi connectivity index (χ1n) is 10.2. The van der Waals surface area contributed by atoms with Crippen LogP contribution in [0.25, 0.3) is 0 Å². The minimum absolute atomic E-state index is 0. The zero-order valence-electron chi connectivity index (χ0n) is 19.1. The Kier molecular flexibility index (Phi) is 11.5. The number of guanidine groups is 1. The lowest BCUT2D eigenvalue weighted by Crippen LogP contribution is -2.39. The van der Waals surface area contributed by atoms with Gasteiger partial charge >= 0.3 is 0 Å². The first-order chi connectivity index (χ1) is 14.2. The Bertz CT molecular complexity index is 927. The van der Waals surface area contributed by atoms with E-state index in [4.69, 9.17) is 4.99 Å². The number of benzene rings is 2. The number of halogens is 1. The summed E-state index contributed by atoms with van der Waals surface area (Å²) in [6.07, 6.45) is 2.00. The van der Waals surface area contributed by atoms with Crippen LogP contribution in [-0.2, 0) is 16.3 Å². The molecule has 0 bridgehead atoms. The highest BCUT2D eigenvalue weighted by Gasteiger charge is 2.14. The van der Waals surface area contributed by atoms with Crippen molar-refractivity contribution in [3.63, 3.8) is 0 Å². The molecule has 0 saturated carbocycles. The van der Waals surface area contributed by atoms with Crippen molar-refractivity contribution in [1.82, 2.24) is 15.5 Å². The van der Waals surface area contributed by atoms with Gasteiger partial charge in [-0.05, 0) is 57.6 Å². The Morgan fingerprint density at radius 3 is 2.16 bits per heavy atom. The zero-order chi connectivity index (χ0) is 22.1. The molecule has 0 heterocycles. The van der Waals surface area contributed by atoms with Gasteiger partial charge in [-0.2, -0.15) is 0 Å². The van der Waals surface area contributed by atoms with Crippen molar-refractivity contribution in [2.75, 3.05) is 40.0 Å². The first kappa shape index (κ1) is 27.4. The van der Waals surface area contributed by atoms with Gasteiger partial charge in [-0.3, -0.25) is 4.99 Å². The van der Waals surface area contributed by atoms with E-state index in [-0.39, 0.29) is 30.0 Å². The van der Waals surface area contributed by atoms with Gasteiger partial charge in [-0.25, -0.2) is 8.42 Å². The second-order valence-corrected chi connectivity index (χ2v) is 9.72. The molecule has 0 aliphatic rings. The van der Waals surface area contributed by atoms with Crippen molar-refractivity contribution in [3.8, 4) is 0 Å². The predicted molar refractivity (Wildman–Crippen MR) is 140 cm³/mol. The van der Waals surface area contributed by atoms with Crippen LogP contribution in [0.15, 0.2) is 58.4 Å². The molecule has 2 N–H and O–H groups in total. The normalized spacial score (nSPS) is 12.9. The molecule has 1 atom stereocenters. The lowest BCUT2D eigenvalue weighted by molar-refractivity contribution is 0.306. The van der Waals surface area contributed by atoms with Gasteiger partial charge in [-0.1, -0.05) is 42.0 Å². The van der Waals surface area contributed by atoms with E-state index in [0.717, 1.165) is 24.5 Å². The predicted octanol–water partition coefficient (Wildman–Crippen LogP) is 3.42. The van der Waals surface area contributed by atoms with Crippen LogP contribution in [0.5, 0.6) is 0 Å². The minimum Gasteiger partial charge on any atom is -0.357 e. The molecule has 0 saturated heterocycles. The maximum absolute atomic E-state index is 11.6. The number of hydrogen-bond donors (Lipinski definition) is 2. The molecule has 1 unspecified atom stereocenters. The van der Waals surface area contributed by atoms with E-state index in [1.165, 1.54) is 17.4 Å². The van der Waals surface area contributed by atoms with Crippen LogP contribution in [0.4, 0.5) is 0 Å². The van der Waals surface area contributed by atoms with E-state index in [9.17, 15) is 8.42 Å². The number of nitrogens with zero attached hydrogens (tertiary/aromatic N) is 2. The van der Waals surface area contributed by atoms with Gasteiger partial charge in [0.1, 0.15) is 0 Å². The average Bonchev–Trinajstić information content (AvgIpc) is 2.69. The van der Waals surface area contributed by atoms with Crippen LogP contribution in [0.3, 0.4) is 0 Å². The molecule has 2 rings (SSSR count). The third-order valence-electron chi connectivity index (χ3n) is 4.91. The van der Waals surface area contributed by atoms with Crippen LogP contribution < -0.4 is 10.6 Å². The van der Waals surface area contributed by atoms with Crippen molar-refractivity contribution in [3.05, 3.63) is 65.2 Å². The van der Waals surface area contributed by atoms with Gasteiger partial charge in [0.25, 0.3) is 0 Å². The average molecular weight is 559 g/mol. The highest BCUT2D eigenvalue weighted by Crippen LogP contribution is 2.19. The Morgan fingerprint density at radius 2 is 1.65 bits per heavy atom. The van der Waals surface area contributed by atoms with Crippen molar-refractivity contribution in [2.45, 2.75) is 31.2 Å². The van der Waals surface area contributed by atoms with Crippen molar-refractivity contribution >= 4 is 39.8 Å². The molecular formula is C23H35IN4O2S. The van der Waals surface area contributed by atoms with Crippen LogP contribution >= 0.6 is 24.0 Å². The third kappa shape index (κ3) is 9.16. The van der Waals surface area contributed by atoms with Crippen LogP contribution in [0.2, 0.25) is 0 Å². The molecule has 172 valence electrons. The second-order valence-electron chi connectivity index (χ2n) is 7.70. The van der Waals surface area contributed by atoms with E-state index < -0.39 is 9.84 Å². The summed E-state index contributed by atoms with van der Waals surface area (Å²) < 4.78 is 23.1. The van der Waals surface area contributed by atoms with Crippen LogP contribution in [-0.4, -0.2) is 59.3 Å². The summed E-state index contributed by atoms with van der Waals surface area (Å²) in [5, 5.41) is 6.66. The number of sulfone groups is 1. The van der Waals surface area contributed by atoms with E-state index in [1.807, 2.05) is 19.1 Å². The molecule has 6 nitrogen and oxygen atoms in total. The molecular weight excluding hydrogens is 523 g/mol. The van der Waals surface area contributed by atoms with Gasteiger partial charge in [-0.15, -0.1) is 24.0 Å². The lowest BCUT2D eigenvalue weighted by Gasteiger charge is -2.24. The highest BCUT2D eigenvalue weighted by molar-refractivity contribution is 14.0. The number of hydrogen-bond acceptors (Lipinski definition) is 4. The smallest absolute Gasteiger partial charge is 0.191 e. The molecule has 0 amide bonds. The third-order valence-corrected chi connectivity index (χ3v) is 6.04. The molecule has 2 aromatic rings. The molecule has 2 aromatic carbocycles. The number of aryl methyl sites for hydroxylation is 1.